The average Bonchev–Trinajstić information content (AvgIpc) is 3.04. The molecule has 0 aliphatic carbocycles. The van der Waals surface area contributed by atoms with Gasteiger partial charge in [0.1, 0.15) is 29.0 Å². The second kappa shape index (κ2) is 10.0. The van der Waals surface area contributed by atoms with Crippen LogP contribution in [-0.2, 0) is 11.2 Å². The third kappa shape index (κ3) is 6.10. The Morgan fingerprint density at radius 2 is 2.00 bits per heavy atom. The first-order valence-corrected chi connectivity index (χ1v) is 11.8. The molecule has 3 rings (SSSR count). The molecule has 0 aromatic carbocycles. The fraction of sp³-hybridized carbons (Fsp3) is 0.750. The molecule has 2 aliphatic rings. The van der Waals surface area contributed by atoms with E-state index in [4.69, 9.17) is 9.72 Å². The maximum absolute atomic E-state index is 12.6. The van der Waals surface area contributed by atoms with Crippen LogP contribution in [-0.4, -0.2) is 76.8 Å². The van der Waals surface area contributed by atoms with Crippen molar-refractivity contribution in [1.82, 2.24) is 19.8 Å². The van der Waals surface area contributed by atoms with Gasteiger partial charge < -0.3 is 19.4 Å². The predicted molar refractivity (Wildman–Crippen MR) is 124 cm³/mol. The number of ether oxygens (including phenoxy) is 1. The van der Waals surface area contributed by atoms with Crippen LogP contribution in [0.5, 0.6) is 0 Å². The number of amides is 1. The van der Waals surface area contributed by atoms with Crippen LogP contribution < -0.4 is 4.90 Å². The molecule has 32 heavy (non-hydrogen) atoms. The summed E-state index contributed by atoms with van der Waals surface area (Å²) in [6.07, 6.45) is 3.72. The Labute approximate surface area is 192 Å². The van der Waals surface area contributed by atoms with Crippen LogP contribution in [0.25, 0.3) is 0 Å². The van der Waals surface area contributed by atoms with Gasteiger partial charge in [0.15, 0.2) is 0 Å². The summed E-state index contributed by atoms with van der Waals surface area (Å²) in [5.41, 5.74) is -0.111. The molecule has 0 radical (unpaired) electrons. The Morgan fingerprint density at radius 3 is 2.62 bits per heavy atom. The van der Waals surface area contributed by atoms with E-state index in [2.05, 4.69) is 41.7 Å². The fourth-order valence-corrected chi connectivity index (χ4v) is 4.77. The van der Waals surface area contributed by atoms with E-state index < -0.39 is 5.60 Å². The first-order chi connectivity index (χ1) is 15.1. The molecule has 176 valence electrons. The van der Waals surface area contributed by atoms with E-state index in [1.54, 1.807) is 11.0 Å². The summed E-state index contributed by atoms with van der Waals surface area (Å²) in [5, 5.41) is 9.58. The molecule has 0 saturated carbocycles. The lowest BCUT2D eigenvalue weighted by atomic mass is 9.96. The van der Waals surface area contributed by atoms with Crippen LogP contribution in [0.4, 0.5) is 10.6 Å². The van der Waals surface area contributed by atoms with Crippen molar-refractivity contribution in [3.05, 3.63) is 17.6 Å². The molecule has 1 amide bonds. The van der Waals surface area contributed by atoms with Gasteiger partial charge in [-0.25, -0.2) is 14.8 Å². The molecule has 0 bridgehead atoms. The van der Waals surface area contributed by atoms with Gasteiger partial charge in [-0.2, -0.15) is 5.26 Å². The zero-order valence-electron chi connectivity index (χ0n) is 20.5. The molecule has 3 heterocycles. The molecule has 0 N–H and O–H groups in total. The molecule has 1 aromatic heterocycles. The number of nitriles is 1. The van der Waals surface area contributed by atoms with Gasteiger partial charge in [0.05, 0.1) is 0 Å². The summed E-state index contributed by atoms with van der Waals surface area (Å²) in [5.74, 6) is 1.93. The predicted octanol–water partition coefficient (Wildman–Crippen LogP) is 3.46. The van der Waals surface area contributed by atoms with Crippen molar-refractivity contribution in [3.8, 4) is 6.07 Å². The Balaban J connectivity index is 1.75. The lowest BCUT2D eigenvalue weighted by Crippen LogP contribution is -2.39. The van der Waals surface area contributed by atoms with Gasteiger partial charge in [-0.15, -0.1) is 0 Å². The summed E-state index contributed by atoms with van der Waals surface area (Å²) >= 11 is 0. The molecule has 8 nitrogen and oxygen atoms in total. The van der Waals surface area contributed by atoms with Crippen LogP contribution >= 0.6 is 0 Å². The average molecular weight is 443 g/mol. The summed E-state index contributed by atoms with van der Waals surface area (Å²) in [6.45, 7) is 13.0. The zero-order valence-corrected chi connectivity index (χ0v) is 20.5. The van der Waals surface area contributed by atoms with E-state index in [9.17, 15) is 10.1 Å². The van der Waals surface area contributed by atoms with E-state index in [0.717, 1.165) is 31.0 Å². The van der Waals surface area contributed by atoms with E-state index in [-0.39, 0.29) is 12.1 Å². The Bertz CT molecular complexity index is 846. The molecule has 0 spiro atoms. The maximum atomic E-state index is 12.6. The largest absolute Gasteiger partial charge is 0.444 e. The molecule has 1 aromatic rings. The smallest absolute Gasteiger partial charge is 0.410 e. The summed E-state index contributed by atoms with van der Waals surface area (Å²) < 4.78 is 5.56. The number of carbonyl (C=O) groups is 1. The van der Waals surface area contributed by atoms with Crippen molar-refractivity contribution in [2.45, 2.75) is 78.0 Å². The highest BCUT2D eigenvalue weighted by atomic mass is 16.6. The summed E-state index contributed by atoms with van der Waals surface area (Å²) in [6, 6.07) is 4.71. The van der Waals surface area contributed by atoms with Gasteiger partial charge in [-0.3, -0.25) is 0 Å². The third-order valence-corrected chi connectivity index (χ3v) is 6.52. The second-order valence-electron chi connectivity index (χ2n) is 10.3. The first-order valence-electron chi connectivity index (χ1n) is 11.8. The van der Waals surface area contributed by atoms with Crippen molar-refractivity contribution >= 4 is 11.9 Å². The van der Waals surface area contributed by atoms with Crippen LogP contribution in [0.15, 0.2) is 6.07 Å². The Hall–Kier alpha value is -2.40. The van der Waals surface area contributed by atoms with Crippen LogP contribution in [0, 0.1) is 17.2 Å². The maximum Gasteiger partial charge on any atom is 0.410 e. The van der Waals surface area contributed by atoms with Crippen LogP contribution in [0.2, 0.25) is 0 Å². The van der Waals surface area contributed by atoms with Crippen LogP contribution in [0.1, 0.15) is 65.4 Å². The van der Waals surface area contributed by atoms with E-state index in [1.807, 2.05) is 20.8 Å². The van der Waals surface area contributed by atoms with Crippen molar-refractivity contribution in [2.75, 3.05) is 38.1 Å². The minimum Gasteiger partial charge on any atom is -0.444 e. The number of anilines is 1. The number of carbonyl (C=O) groups excluding carboxylic acids is 1. The second-order valence-corrected chi connectivity index (χ2v) is 10.3. The minimum absolute atomic E-state index is 0.190. The quantitative estimate of drug-likeness (QED) is 0.706. The summed E-state index contributed by atoms with van der Waals surface area (Å²) in [4.78, 5) is 28.3. The van der Waals surface area contributed by atoms with E-state index in [0.29, 0.717) is 37.3 Å². The van der Waals surface area contributed by atoms with Gasteiger partial charge in [0, 0.05) is 44.2 Å². The van der Waals surface area contributed by atoms with E-state index in [1.165, 1.54) is 12.8 Å². The normalized spacial score (nSPS) is 23.5. The molecule has 2 fully saturated rings. The zero-order chi connectivity index (χ0) is 23.5. The number of aromatic nitrogens is 2. The number of hydrogen-bond donors (Lipinski definition) is 0. The van der Waals surface area contributed by atoms with Gasteiger partial charge in [0.25, 0.3) is 0 Å². The number of likely N-dealkylation sites (tertiary alicyclic amines) is 1. The Morgan fingerprint density at radius 1 is 1.25 bits per heavy atom. The number of nitrogens with zero attached hydrogens (tertiary/aromatic N) is 6. The molecule has 8 heteroatoms. The third-order valence-electron chi connectivity index (χ3n) is 6.52. The highest BCUT2D eigenvalue weighted by Gasteiger charge is 2.30. The lowest BCUT2D eigenvalue weighted by molar-refractivity contribution is 0.0262. The van der Waals surface area contributed by atoms with Crippen molar-refractivity contribution < 1.29 is 9.53 Å². The number of hydrogen-bond acceptors (Lipinski definition) is 7. The molecule has 0 unspecified atom stereocenters. The van der Waals surface area contributed by atoms with Gasteiger partial charge in [-0.1, -0.05) is 6.92 Å². The summed E-state index contributed by atoms with van der Waals surface area (Å²) in [7, 11) is 2.18. The monoisotopic (exact) mass is 442 g/mol. The molecular formula is C24H38N6O2. The topological polar surface area (TPSA) is 85.6 Å². The highest BCUT2D eigenvalue weighted by Crippen LogP contribution is 2.26. The standard InChI is InChI=1S/C24H38N6O2/c1-17(20-8-7-10-28(20)6)14-21-26-19(16-25)15-22(27-21)30-13-12-29(11-9-18(30)2)23(31)32-24(3,4)5/h15,17-18,20H,7-14H2,1-6H3/t17-,18+,20+/m1/s1. The van der Waals surface area contributed by atoms with Crippen molar-refractivity contribution in [3.63, 3.8) is 0 Å². The molecule has 2 aliphatic heterocycles. The van der Waals surface area contributed by atoms with E-state index >= 15 is 0 Å². The SMILES string of the molecule is C[C@H](Cc1nc(C#N)cc(N2CCN(C(=O)OC(C)(C)C)CC[C@@H]2C)n1)[C@@H]1CCCN1C. The number of rotatable bonds is 4. The van der Waals surface area contributed by atoms with Crippen molar-refractivity contribution in [1.29, 1.82) is 5.26 Å². The fourth-order valence-electron chi connectivity index (χ4n) is 4.77. The lowest BCUT2D eigenvalue weighted by Gasteiger charge is -2.29. The van der Waals surface area contributed by atoms with Crippen LogP contribution in [0.3, 0.4) is 0 Å². The van der Waals surface area contributed by atoms with Gasteiger partial charge in [-0.05, 0) is 66.5 Å². The highest BCUT2D eigenvalue weighted by molar-refractivity contribution is 5.68. The molecule has 2 saturated heterocycles. The van der Waals surface area contributed by atoms with Crippen molar-refractivity contribution in [2.24, 2.45) is 5.92 Å². The molecular weight excluding hydrogens is 404 g/mol. The van der Waals surface area contributed by atoms with Gasteiger partial charge in [0.2, 0.25) is 0 Å². The first kappa shape index (κ1) is 24.2. The van der Waals surface area contributed by atoms with Gasteiger partial charge >= 0.3 is 6.09 Å². The molecule has 3 atom stereocenters. The minimum atomic E-state index is -0.512. The Kier molecular flexibility index (Phi) is 7.60.